The van der Waals surface area contributed by atoms with Crippen molar-refractivity contribution in [3.63, 3.8) is 0 Å². The van der Waals surface area contributed by atoms with Gasteiger partial charge in [0.05, 0.1) is 19.8 Å². The zero-order chi connectivity index (χ0) is 16.4. The molecule has 1 aromatic carbocycles. The minimum absolute atomic E-state index is 0.00475. The highest BCUT2D eigenvalue weighted by molar-refractivity contribution is 5.96. The number of ether oxygens (including phenoxy) is 2. The number of amides is 1. The van der Waals surface area contributed by atoms with Crippen molar-refractivity contribution < 1.29 is 24.2 Å². The Morgan fingerprint density at radius 3 is 2.45 bits per heavy atom. The standard InChI is InChI=1S/C16H23NO5/c1-21-11-13(18)10-17-16(20)5-3-4-15(19)12-6-8-14(22-2)9-7-12/h6-9,13,18H,3-5,10-11H2,1-2H3,(H,17,20)/t13-/m0/s1. The molecule has 6 heteroatoms. The Morgan fingerprint density at radius 2 is 1.86 bits per heavy atom. The summed E-state index contributed by atoms with van der Waals surface area (Å²) in [6, 6.07) is 6.89. The number of ketones is 1. The molecule has 0 aliphatic rings. The Kier molecular flexibility index (Phi) is 8.17. The largest absolute Gasteiger partial charge is 0.497 e. The monoisotopic (exact) mass is 309 g/mol. The van der Waals surface area contributed by atoms with Crippen LogP contribution in [0.15, 0.2) is 24.3 Å². The molecule has 0 bridgehead atoms. The summed E-state index contributed by atoms with van der Waals surface area (Å²) in [4.78, 5) is 23.5. The minimum atomic E-state index is -0.713. The highest BCUT2D eigenvalue weighted by atomic mass is 16.5. The fraction of sp³-hybridized carbons (Fsp3) is 0.500. The van der Waals surface area contributed by atoms with Crippen LogP contribution in [-0.4, -0.2) is 50.3 Å². The summed E-state index contributed by atoms with van der Waals surface area (Å²) in [5.41, 5.74) is 0.608. The molecule has 2 N–H and O–H groups in total. The lowest BCUT2D eigenvalue weighted by Gasteiger charge is -2.10. The lowest BCUT2D eigenvalue weighted by atomic mass is 10.1. The van der Waals surface area contributed by atoms with Gasteiger partial charge < -0.3 is 19.9 Å². The second-order valence-electron chi connectivity index (χ2n) is 4.92. The molecule has 0 saturated carbocycles. The van der Waals surface area contributed by atoms with Gasteiger partial charge in [-0.3, -0.25) is 9.59 Å². The molecule has 0 heterocycles. The van der Waals surface area contributed by atoms with Crippen LogP contribution in [0.25, 0.3) is 0 Å². The smallest absolute Gasteiger partial charge is 0.220 e. The summed E-state index contributed by atoms with van der Waals surface area (Å²) in [5.74, 6) is 0.512. The molecule has 6 nitrogen and oxygen atoms in total. The number of benzene rings is 1. The van der Waals surface area contributed by atoms with Crippen LogP contribution in [0.2, 0.25) is 0 Å². The van der Waals surface area contributed by atoms with Gasteiger partial charge in [0.2, 0.25) is 5.91 Å². The predicted molar refractivity (Wildman–Crippen MR) is 82.1 cm³/mol. The van der Waals surface area contributed by atoms with Crippen LogP contribution in [0.4, 0.5) is 0 Å². The van der Waals surface area contributed by atoms with Crippen LogP contribution in [0, 0.1) is 0 Å². The van der Waals surface area contributed by atoms with Gasteiger partial charge in [0.15, 0.2) is 5.78 Å². The number of carbonyl (C=O) groups is 2. The van der Waals surface area contributed by atoms with Crippen molar-refractivity contribution >= 4 is 11.7 Å². The van der Waals surface area contributed by atoms with E-state index in [4.69, 9.17) is 9.47 Å². The fourth-order valence-electron chi connectivity index (χ4n) is 1.90. The van der Waals surface area contributed by atoms with E-state index in [0.717, 1.165) is 0 Å². The summed E-state index contributed by atoms with van der Waals surface area (Å²) in [7, 11) is 3.05. The second kappa shape index (κ2) is 9.92. The van der Waals surface area contributed by atoms with Gasteiger partial charge in [-0.25, -0.2) is 0 Å². The van der Waals surface area contributed by atoms with Crippen LogP contribution in [0.5, 0.6) is 5.75 Å². The van der Waals surface area contributed by atoms with Crippen LogP contribution < -0.4 is 10.1 Å². The van der Waals surface area contributed by atoms with Crippen molar-refractivity contribution in [2.75, 3.05) is 27.4 Å². The van der Waals surface area contributed by atoms with Gasteiger partial charge in [-0.15, -0.1) is 0 Å². The molecule has 0 saturated heterocycles. The average molecular weight is 309 g/mol. The number of carbonyl (C=O) groups excluding carboxylic acids is 2. The summed E-state index contributed by atoms with van der Waals surface area (Å²) >= 11 is 0. The first kappa shape index (κ1) is 18.1. The van der Waals surface area contributed by atoms with E-state index < -0.39 is 6.10 Å². The van der Waals surface area contributed by atoms with Crippen LogP contribution >= 0.6 is 0 Å². The maximum absolute atomic E-state index is 11.9. The van der Waals surface area contributed by atoms with Crippen LogP contribution in [-0.2, 0) is 9.53 Å². The van der Waals surface area contributed by atoms with Crippen molar-refractivity contribution in [1.29, 1.82) is 0 Å². The summed E-state index contributed by atoms with van der Waals surface area (Å²) in [5, 5.41) is 12.0. The topological polar surface area (TPSA) is 84.9 Å². The highest BCUT2D eigenvalue weighted by Crippen LogP contribution is 2.13. The highest BCUT2D eigenvalue weighted by Gasteiger charge is 2.09. The second-order valence-corrected chi connectivity index (χ2v) is 4.92. The van der Waals surface area contributed by atoms with E-state index in [9.17, 15) is 14.7 Å². The number of hydrogen-bond donors (Lipinski definition) is 2. The van der Waals surface area contributed by atoms with Gasteiger partial charge in [0.25, 0.3) is 0 Å². The SMILES string of the molecule is COC[C@@H](O)CNC(=O)CCCC(=O)c1ccc(OC)cc1. The molecule has 122 valence electrons. The molecule has 0 aliphatic heterocycles. The van der Waals surface area contributed by atoms with Crippen molar-refractivity contribution in [3.8, 4) is 5.75 Å². The molecule has 22 heavy (non-hydrogen) atoms. The van der Waals surface area contributed by atoms with Crippen molar-refractivity contribution in [1.82, 2.24) is 5.32 Å². The number of hydrogen-bond acceptors (Lipinski definition) is 5. The third-order valence-electron chi connectivity index (χ3n) is 3.11. The first-order chi connectivity index (χ1) is 10.6. The van der Waals surface area contributed by atoms with E-state index in [2.05, 4.69) is 5.32 Å². The number of nitrogens with one attached hydrogen (secondary N) is 1. The average Bonchev–Trinajstić information content (AvgIpc) is 2.53. The Hall–Kier alpha value is -1.92. The van der Waals surface area contributed by atoms with Crippen LogP contribution in [0.3, 0.4) is 0 Å². The van der Waals surface area contributed by atoms with E-state index in [1.54, 1.807) is 31.4 Å². The Bertz CT molecular complexity index is 472. The lowest BCUT2D eigenvalue weighted by Crippen LogP contribution is -2.34. The zero-order valence-corrected chi connectivity index (χ0v) is 13.0. The van der Waals surface area contributed by atoms with E-state index in [1.165, 1.54) is 7.11 Å². The molecular weight excluding hydrogens is 286 g/mol. The van der Waals surface area contributed by atoms with Crippen molar-refractivity contribution in [2.45, 2.75) is 25.4 Å². The summed E-state index contributed by atoms with van der Waals surface area (Å²) in [6.45, 7) is 0.329. The van der Waals surface area contributed by atoms with E-state index >= 15 is 0 Å². The van der Waals surface area contributed by atoms with E-state index in [1.807, 2.05) is 0 Å². The Balaban J connectivity index is 2.25. The number of methoxy groups -OCH3 is 2. The molecule has 0 radical (unpaired) electrons. The number of Topliss-reactive ketones (excluding diaryl/α,β-unsaturated/α-hetero) is 1. The van der Waals surface area contributed by atoms with E-state index in [-0.39, 0.29) is 31.3 Å². The third-order valence-corrected chi connectivity index (χ3v) is 3.11. The summed E-state index contributed by atoms with van der Waals surface area (Å²) in [6.07, 6.45) is 0.314. The molecule has 0 spiro atoms. The molecule has 0 aliphatic carbocycles. The van der Waals surface area contributed by atoms with Gasteiger partial charge in [-0.05, 0) is 30.7 Å². The maximum Gasteiger partial charge on any atom is 0.220 e. The molecular formula is C16H23NO5. The van der Waals surface area contributed by atoms with Gasteiger partial charge in [0.1, 0.15) is 5.75 Å². The van der Waals surface area contributed by atoms with Gasteiger partial charge in [0, 0.05) is 32.1 Å². The maximum atomic E-state index is 11.9. The van der Waals surface area contributed by atoms with Crippen molar-refractivity contribution in [3.05, 3.63) is 29.8 Å². The molecule has 1 rings (SSSR count). The first-order valence-electron chi connectivity index (χ1n) is 7.17. The molecule has 0 aromatic heterocycles. The first-order valence-corrected chi connectivity index (χ1v) is 7.17. The van der Waals surface area contributed by atoms with Gasteiger partial charge >= 0.3 is 0 Å². The molecule has 1 atom stereocenters. The minimum Gasteiger partial charge on any atom is -0.497 e. The van der Waals surface area contributed by atoms with Crippen molar-refractivity contribution in [2.24, 2.45) is 0 Å². The van der Waals surface area contributed by atoms with Crippen LogP contribution in [0.1, 0.15) is 29.6 Å². The normalized spacial score (nSPS) is 11.8. The number of aliphatic hydroxyl groups excluding tert-OH is 1. The zero-order valence-electron chi connectivity index (χ0n) is 13.0. The molecule has 0 fully saturated rings. The number of aliphatic hydroxyl groups is 1. The molecule has 0 unspecified atom stereocenters. The molecule has 1 aromatic rings. The third kappa shape index (κ3) is 6.69. The lowest BCUT2D eigenvalue weighted by molar-refractivity contribution is -0.121. The van der Waals surface area contributed by atoms with E-state index in [0.29, 0.717) is 24.2 Å². The van der Waals surface area contributed by atoms with Gasteiger partial charge in [-0.1, -0.05) is 0 Å². The summed E-state index contributed by atoms with van der Waals surface area (Å²) < 4.78 is 9.79. The molecule has 1 amide bonds. The Morgan fingerprint density at radius 1 is 1.18 bits per heavy atom. The quantitative estimate of drug-likeness (QED) is 0.634. The fourth-order valence-corrected chi connectivity index (χ4v) is 1.90. The number of rotatable bonds is 10. The Labute approximate surface area is 130 Å². The predicted octanol–water partition coefficient (Wildman–Crippen LogP) is 1.17. The van der Waals surface area contributed by atoms with Gasteiger partial charge in [-0.2, -0.15) is 0 Å².